The number of carbonyl (C=O) groups excluding carboxylic acids is 2. The molecule has 1 heterocycles. The quantitative estimate of drug-likeness (QED) is 0.496. The van der Waals surface area contributed by atoms with E-state index in [4.69, 9.17) is 18.9 Å². The second-order valence-corrected chi connectivity index (χ2v) is 6.92. The molecule has 2 aromatic rings. The molecule has 2 aromatic carbocycles. The van der Waals surface area contributed by atoms with Crippen LogP contribution >= 0.6 is 15.9 Å². The third-order valence-electron chi connectivity index (χ3n) is 4.42. The Morgan fingerprint density at radius 2 is 1.50 bits per heavy atom. The fraction of sp³-hybridized carbons (Fsp3) is 0.333. The molecule has 4 atom stereocenters. The maximum absolute atomic E-state index is 12.6. The van der Waals surface area contributed by atoms with Gasteiger partial charge in [0.1, 0.15) is 12.2 Å². The van der Waals surface area contributed by atoms with Gasteiger partial charge in [-0.05, 0) is 24.3 Å². The van der Waals surface area contributed by atoms with E-state index < -0.39 is 36.5 Å². The normalized spacial score (nSPS) is 24.4. The van der Waals surface area contributed by atoms with E-state index in [2.05, 4.69) is 15.9 Å². The molecule has 0 N–H and O–H groups in total. The van der Waals surface area contributed by atoms with Crippen molar-refractivity contribution in [3.63, 3.8) is 0 Å². The van der Waals surface area contributed by atoms with E-state index in [-0.39, 0.29) is 6.42 Å². The van der Waals surface area contributed by atoms with Crippen molar-refractivity contribution in [1.82, 2.24) is 0 Å². The topological polar surface area (TPSA) is 71.1 Å². The van der Waals surface area contributed by atoms with E-state index >= 15 is 0 Å². The summed E-state index contributed by atoms with van der Waals surface area (Å²) in [6, 6.07) is 17.3. The van der Waals surface area contributed by atoms with Crippen molar-refractivity contribution in [2.24, 2.45) is 0 Å². The molecule has 0 radical (unpaired) electrons. The largest absolute Gasteiger partial charge is 0.455 e. The fourth-order valence-electron chi connectivity index (χ4n) is 2.98. The predicted molar refractivity (Wildman–Crippen MR) is 105 cm³/mol. The van der Waals surface area contributed by atoms with Gasteiger partial charge in [0, 0.05) is 18.9 Å². The number of hydrogen-bond acceptors (Lipinski definition) is 6. The van der Waals surface area contributed by atoms with Crippen LogP contribution in [-0.4, -0.2) is 49.0 Å². The van der Waals surface area contributed by atoms with E-state index in [1.165, 1.54) is 7.11 Å². The zero-order valence-corrected chi connectivity index (χ0v) is 16.9. The maximum atomic E-state index is 12.6. The van der Waals surface area contributed by atoms with Gasteiger partial charge in [0.05, 0.1) is 11.1 Å². The van der Waals surface area contributed by atoms with E-state index in [9.17, 15) is 9.59 Å². The lowest BCUT2D eigenvalue weighted by molar-refractivity contribution is -0.235. The first-order chi connectivity index (χ1) is 13.6. The highest BCUT2D eigenvalue weighted by molar-refractivity contribution is 9.09. The molecule has 0 spiro atoms. The second kappa shape index (κ2) is 9.82. The molecule has 7 heteroatoms. The van der Waals surface area contributed by atoms with Gasteiger partial charge in [0.25, 0.3) is 0 Å². The van der Waals surface area contributed by atoms with Crippen molar-refractivity contribution < 1.29 is 28.5 Å². The summed E-state index contributed by atoms with van der Waals surface area (Å²) in [5.41, 5.74) is 0.837. The summed E-state index contributed by atoms with van der Waals surface area (Å²) in [7, 11) is 1.52. The Kier molecular flexibility index (Phi) is 7.19. The molecule has 28 heavy (non-hydrogen) atoms. The molecular formula is C21H21BrO6. The minimum Gasteiger partial charge on any atom is -0.455 e. The lowest BCUT2D eigenvalue weighted by Crippen LogP contribution is -2.53. The van der Waals surface area contributed by atoms with Gasteiger partial charge in [0.2, 0.25) is 0 Å². The van der Waals surface area contributed by atoms with Crippen LogP contribution < -0.4 is 0 Å². The van der Waals surface area contributed by atoms with Crippen LogP contribution in [-0.2, 0) is 18.9 Å². The predicted octanol–water partition coefficient (Wildman–Crippen LogP) is 3.59. The van der Waals surface area contributed by atoms with Gasteiger partial charge in [-0.15, -0.1) is 0 Å². The molecule has 1 saturated heterocycles. The number of ether oxygens (including phenoxy) is 4. The third-order valence-corrected chi connectivity index (χ3v) is 5.06. The average molecular weight is 449 g/mol. The molecule has 0 amide bonds. The molecule has 1 aliphatic heterocycles. The number of carbonyl (C=O) groups is 2. The first-order valence-corrected chi connectivity index (χ1v) is 10.0. The highest BCUT2D eigenvalue weighted by Crippen LogP contribution is 2.28. The van der Waals surface area contributed by atoms with Crippen LogP contribution in [0.15, 0.2) is 60.7 Å². The van der Waals surface area contributed by atoms with E-state index in [0.717, 1.165) is 0 Å². The Hall–Kier alpha value is -2.22. The number of hydrogen-bond donors (Lipinski definition) is 0. The number of benzene rings is 2. The Morgan fingerprint density at radius 1 is 0.964 bits per heavy atom. The zero-order chi connectivity index (χ0) is 19.9. The van der Waals surface area contributed by atoms with Gasteiger partial charge in [0.15, 0.2) is 12.4 Å². The smallest absolute Gasteiger partial charge is 0.338 e. The van der Waals surface area contributed by atoms with Gasteiger partial charge in [-0.3, -0.25) is 0 Å². The van der Waals surface area contributed by atoms with Gasteiger partial charge in [-0.1, -0.05) is 52.3 Å². The van der Waals surface area contributed by atoms with E-state index in [1.807, 2.05) is 12.1 Å². The van der Waals surface area contributed by atoms with Crippen molar-refractivity contribution >= 4 is 27.9 Å². The Morgan fingerprint density at radius 3 is 2.00 bits per heavy atom. The van der Waals surface area contributed by atoms with Crippen molar-refractivity contribution in [3.8, 4) is 0 Å². The molecule has 1 aliphatic rings. The average Bonchev–Trinajstić information content (AvgIpc) is 2.75. The van der Waals surface area contributed by atoms with Crippen molar-refractivity contribution in [2.45, 2.75) is 31.0 Å². The number of esters is 2. The molecular weight excluding hydrogens is 428 g/mol. The third kappa shape index (κ3) is 4.98. The molecule has 6 nitrogen and oxygen atoms in total. The van der Waals surface area contributed by atoms with Crippen LogP contribution in [0.4, 0.5) is 0 Å². The molecule has 1 fully saturated rings. The lowest BCUT2D eigenvalue weighted by atomic mass is 10.0. The van der Waals surface area contributed by atoms with Crippen LogP contribution in [0, 0.1) is 0 Å². The molecule has 148 valence electrons. The van der Waals surface area contributed by atoms with Gasteiger partial charge in [-0.2, -0.15) is 0 Å². The number of halogens is 1. The minimum absolute atomic E-state index is 0.255. The molecule has 0 saturated carbocycles. The Bertz CT molecular complexity index is 782. The summed E-state index contributed by atoms with van der Waals surface area (Å²) in [6.07, 6.45) is -2.32. The summed E-state index contributed by atoms with van der Waals surface area (Å²) in [5.74, 6) is -0.992. The summed E-state index contributed by atoms with van der Waals surface area (Å²) in [5, 5.41) is 0.388. The number of methoxy groups -OCH3 is 1. The second-order valence-electron chi connectivity index (χ2n) is 6.28. The first-order valence-electron chi connectivity index (χ1n) is 8.88. The van der Waals surface area contributed by atoms with Crippen molar-refractivity contribution in [2.75, 3.05) is 12.4 Å². The van der Waals surface area contributed by atoms with Crippen molar-refractivity contribution in [1.29, 1.82) is 0 Å². The zero-order valence-electron chi connectivity index (χ0n) is 15.3. The van der Waals surface area contributed by atoms with Crippen molar-refractivity contribution in [3.05, 3.63) is 71.8 Å². The highest BCUT2D eigenvalue weighted by atomic mass is 79.9. The molecule has 0 bridgehead atoms. The number of alkyl halides is 1. The number of rotatable bonds is 6. The Balaban J connectivity index is 1.79. The molecule has 3 rings (SSSR count). The monoisotopic (exact) mass is 448 g/mol. The van der Waals surface area contributed by atoms with Crippen LogP contribution in [0.25, 0.3) is 0 Å². The van der Waals surface area contributed by atoms with E-state index in [1.54, 1.807) is 48.5 Å². The fourth-order valence-corrected chi connectivity index (χ4v) is 3.50. The summed E-state index contributed by atoms with van der Waals surface area (Å²) >= 11 is 3.38. The highest BCUT2D eigenvalue weighted by Gasteiger charge is 2.43. The maximum Gasteiger partial charge on any atom is 0.338 e. The minimum atomic E-state index is -0.772. The van der Waals surface area contributed by atoms with Crippen LogP contribution in [0.1, 0.15) is 27.1 Å². The van der Waals surface area contributed by atoms with E-state index in [0.29, 0.717) is 16.5 Å². The van der Waals surface area contributed by atoms with Crippen LogP contribution in [0.3, 0.4) is 0 Å². The first kappa shape index (κ1) is 20.5. The Labute approximate surface area is 171 Å². The molecule has 0 unspecified atom stereocenters. The molecule has 0 aromatic heterocycles. The van der Waals surface area contributed by atoms with Crippen LogP contribution in [0.5, 0.6) is 0 Å². The van der Waals surface area contributed by atoms with Crippen LogP contribution in [0.2, 0.25) is 0 Å². The van der Waals surface area contributed by atoms with Gasteiger partial charge < -0.3 is 18.9 Å². The SMILES string of the molecule is CO[C@H]1C[C@@H](OC(=O)c2ccccc2)[C@H](OC(=O)c2ccccc2)[C@H](CBr)O1. The summed E-state index contributed by atoms with van der Waals surface area (Å²) < 4.78 is 22.5. The molecule has 0 aliphatic carbocycles. The standard InChI is InChI=1S/C21H21BrO6/c1-25-18-12-16(27-20(23)14-8-4-2-5-9-14)19(17(13-22)26-18)28-21(24)15-10-6-3-7-11-15/h2-11,16-19H,12-13H2,1H3/t16-,17+,18-,19+/m1/s1. The summed E-state index contributed by atoms with van der Waals surface area (Å²) in [4.78, 5) is 25.1. The van der Waals surface area contributed by atoms with Gasteiger partial charge >= 0.3 is 11.9 Å². The summed E-state index contributed by atoms with van der Waals surface area (Å²) in [6.45, 7) is 0. The van der Waals surface area contributed by atoms with Gasteiger partial charge in [-0.25, -0.2) is 9.59 Å². The lowest BCUT2D eigenvalue weighted by Gasteiger charge is -2.39.